The van der Waals surface area contributed by atoms with Gasteiger partial charge in [0.2, 0.25) is 0 Å². The molecule has 0 heterocycles. The maximum Gasteiger partial charge on any atom is 0.185 e. The Hall–Kier alpha value is -3.85. The second-order valence-corrected chi connectivity index (χ2v) is 9.44. The molecular weight excluding hydrogens is 420 g/mol. The zero-order valence-electron chi connectivity index (χ0n) is 20.1. The first-order valence-electron chi connectivity index (χ1n) is 11.4. The Morgan fingerprint density at radius 1 is 0.853 bits per heavy atom. The van der Waals surface area contributed by atoms with E-state index in [1.807, 2.05) is 48.5 Å². The number of hydrogen-bond acceptors (Lipinski definition) is 3. The maximum atomic E-state index is 12.8. The molecule has 0 spiro atoms. The van der Waals surface area contributed by atoms with E-state index in [-0.39, 0.29) is 22.7 Å². The van der Waals surface area contributed by atoms with E-state index in [1.165, 1.54) is 6.08 Å². The van der Waals surface area contributed by atoms with Gasteiger partial charge in [0.1, 0.15) is 11.5 Å². The zero-order chi connectivity index (χ0) is 24.9. The number of benzene rings is 3. The average molecular weight is 453 g/mol. The Kier molecular flexibility index (Phi) is 7.57. The minimum absolute atomic E-state index is 0.00555. The number of allylic oxidation sites excluding steroid dienone is 3. The van der Waals surface area contributed by atoms with Crippen LogP contribution in [0.25, 0.3) is 17.2 Å². The predicted molar refractivity (Wildman–Crippen MR) is 142 cm³/mol. The molecule has 3 rings (SSSR count). The Morgan fingerprint density at radius 2 is 1.47 bits per heavy atom. The first-order chi connectivity index (χ1) is 16.1. The van der Waals surface area contributed by atoms with Gasteiger partial charge in [-0.25, -0.2) is 0 Å². The smallest absolute Gasteiger partial charge is 0.185 e. The molecule has 3 aromatic carbocycles. The summed E-state index contributed by atoms with van der Waals surface area (Å²) < 4.78 is 0. The molecule has 3 aromatic rings. The minimum atomic E-state index is -0.147. The van der Waals surface area contributed by atoms with Crippen molar-refractivity contribution < 1.29 is 15.0 Å². The van der Waals surface area contributed by atoms with Crippen LogP contribution in [-0.4, -0.2) is 16.0 Å². The molecule has 0 unspecified atom stereocenters. The third kappa shape index (κ3) is 5.74. The predicted octanol–water partition coefficient (Wildman–Crippen LogP) is 7.42. The molecule has 3 nitrogen and oxygen atoms in total. The SMILES string of the molecule is C=CCc1ccc(O)c(-c2cc(CC=C)cc(C=CC(=O)c3ccc(C(C)(C)C)cc3)c2O)c1. The van der Waals surface area contributed by atoms with Crippen LogP contribution in [0.5, 0.6) is 11.5 Å². The van der Waals surface area contributed by atoms with Gasteiger partial charge in [0, 0.05) is 22.3 Å². The van der Waals surface area contributed by atoms with Gasteiger partial charge in [-0.3, -0.25) is 4.79 Å². The minimum Gasteiger partial charge on any atom is -0.507 e. The molecule has 34 heavy (non-hydrogen) atoms. The number of rotatable bonds is 8. The molecule has 0 aliphatic carbocycles. The summed E-state index contributed by atoms with van der Waals surface area (Å²) in [6.07, 6.45) is 7.89. The third-order valence-corrected chi connectivity index (χ3v) is 5.76. The lowest BCUT2D eigenvalue weighted by atomic mass is 9.86. The molecule has 0 amide bonds. The van der Waals surface area contributed by atoms with Gasteiger partial charge in [-0.05, 0) is 71.4 Å². The second kappa shape index (κ2) is 10.4. The third-order valence-electron chi connectivity index (χ3n) is 5.76. The maximum absolute atomic E-state index is 12.8. The van der Waals surface area contributed by atoms with Gasteiger partial charge in [0.15, 0.2) is 5.78 Å². The van der Waals surface area contributed by atoms with Crippen molar-refractivity contribution in [1.82, 2.24) is 0 Å². The van der Waals surface area contributed by atoms with Crippen LogP contribution in [0, 0.1) is 0 Å². The highest BCUT2D eigenvalue weighted by Crippen LogP contribution is 2.39. The lowest BCUT2D eigenvalue weighted by Gasteiger charge is -2.18. The summed E-state index contributed by atoms with van der Waals surface area (Å²) in [5.41, 5.74) is 5.18. The number of ketones is 1. The van der Waals surface area contributed by atoms with E-state index in [1.54, 1.807) is 24.3 Å². The van der Waals surface area contributed by atoms with E-state index in [0.29, 0.717) is 35.1 Å². The first kappa shape index (κ1) is 24.8. The van der Waals surface area contributed by atoms with Crippen LogP contribution in [0.3, 0.4) is 0 Å². The van der Waals surface area contributed by atoms with Gasteiger partial charge in [0.25, 0.3) is 0 Å². The standard InChI is InChI=1S/C31H32O3/c1-6-8-21-10-16-29(33)26(19-21)27-20-22(9-7-2)18-24(30(27)34)13-17-28(32)23-11-14-25(15-12-23)31(3,4)5/h6-7,10-20,33-34H,1-2,8-9H2,3-5H3. The molecular formula is C31H32O3. The van der Waals surface area contributed by atoms with Crippen molar-refractivity contribution in [2.45, 2.75) is 39.0 Å². The Balaban J connectivity index is 2.00. The zero-order valence-corrected chi connectivity index (χ0v) is 20.1. The summed E-state index contributed by atoms with van der Waals surface area (Å²) >= 11 is 0. The van der Waals surface area contributed by atoms with Gasteiger partial charge in [-0.2, -0.15) is 0 Å². The molecule has 3 heteroatoms. The monoisotopic (exact) mass is 452 g/mol. The lowest BCUT2D eigenvalue weighted by molar-refractivity contribution is 0.104. The number of carbonyl (C=O) groups is 1. The van der Waals surface area contributed by atoms with Crippen LogP contribution in [0.15, 0.2) is 86.0 Å². The van der Waals surface area contributed by atoms with Gasteiger partial charge < -0.3 is 10.2 Å². The van der Waals surface area contributed by atoms with Crippen molar-refractivity contribution in [1.29, 1.82) is 0 Å². The molecule has 0 saturated carbocycles. The molecule has 0 atom stereocenters. The van der Waals surface area contributed by atoms with Gasteiger partial charge in [0.05, 0.1) is 0 Å². The quantitative estimate of drug-likeness (QED) is 0.212. The van der Waals surface area contributed by atoms with Crippen LogP contribution in [0.4, 0.5) is 0 Å². The van der Waals surface area contributed by atoms with Crippen LogP contribution >= 0.6 is 0 Å². The van der Waals surface area contributed by atoms with Crippen molar-refractivity contribution in [3.05, 3.63) is 114 Å². The lowest BCUT2D eigenvalue weighted by Crippen LogP contribution is -2.11. The fourth-order valence-corrected chi connectivity index (χ4v) is 3.82. The Labute approximate surface area is 202 Å². The normalized spacial score (nSPS) is 11.5. The van der Waals surface area contributed by atoms with Crippen molar-refractivity contribution >= 4 is 11.9 Å². The molecule has 174 valence electrons. The molecule has 0 bridgehead atoms. The summed E-state index contributed by atoms with van der Waals surface area (Å²) in [5.74, 6) is -0.0684. The summed E-state index contributed by atoms with van der Waals surface area (Å²) in [7, 11) is 0. The molecule has 0 aliphatic rings. The van der Waals surface area contributed by atoms with Crippen molar-refractivity contribution in [2.75, 3.05) is 0 Å². The molecule has 0 fully saturated rings. The number of hydrogen-bond donors (Lipinski definition) is 2. The largest absolute Gasteiger partial charge is 0.507 e. The second-order valence-electron chi connectivity index (χ2n) is 9.44. The van der Waals surface area contributed by atoms with Gasteiger partial charge >= 0.3 is 0 Å². The summed E-state index contributed by atoms with van der Waals surface area (Å²) in [4.78, 5) is 12.8. The molecule has 0 aliphatic heterocycles. The van der Waals surface area contributed by atoms with E-state index >= 15 is 0 Å². The Morgan fingerprint density at radius 3 is 2.09 bits per heavy atom. The van der Waals surface area contributed by atoms with Crippen molar-refractivity contribution in [2.24, 2.45) is 0 Å². The topological polar surface area (TPSA) is 57.5 Å². The summed E-state index contributed by atoms with van der Waals surface area (Å²) in [6.45, 7) is 14.0. The van der Waals surface area contributed by atoms with Gasteiger partial charge in [-0.15, -0.1) is 13.2 Å². The van der Waals surface area contributed by atoms with Crippen LogP contribution in [-0.2, 0) is 18.3 Å². The molecule has 0 saturated heterocycles. The first-order valence-corrected chi connectivity index (χ1v) is 11.4. The summed E-state index contributed by atoms with van der Waals surface area (Å²) in [5, 5.41) is 21.6. The van der Waals surface area contributed by atoms with Gasteiger partial charge in [-0.1, -0.05) is 63.3 Å². The number of phenolic OH excluding ortho intramolecular Hbond substituents is 2. The van der Waals surface area contributed by atoms with E-state index in [2.05, 4.69) is 33.9 Å². The van der Waals surface area contributed by atoms with Crippen molar-refractivity contribution in [3.63, 3.8) is 0 Å². The molecule has 2 N–H and O–H groups in total. The van der Waals surface area contributed by atoms with Crippen LogP contribution in [0.1, 0.15) is 53.4 Å². The number of carbonyl (C=O) groups excluding carboxylic acids is 1. The van der Waals surface area contributed by atoms with E-state index < -0.39 is 0 Å². The molecule has 0 aromatic heterocycles. The highest BCUT2D eigenvalue weighted by molar-refractivity contribution is 6.07. The highest BCUT2D eigenvalue weighted by atomic mass is 16.3. The van der Waals surface area contributed by atoms with Crippen molar-refractivity contribution in [3.8, 4) is 22.6 Å². The van der Waals surface area contributed by atoms with Crippen LogP contribution < -0.4 is 0 Å². The number of aromatic hydroxyl groups is 2. The average Bonchev–Trinajstić information content (AvgIpc) is 2.80. The summed E-state index contributed by atoms with van der Waals surface area (Å²) in [6, 6.07) is 16.6. The van der Waals surface area contributed by atoms with E-state index in [9.17, 15) is 15.0 Å². The van der Waals surface area contributed by atoms with E-state index in [0.717, 1.165) is 16.7 Å². The van der Waals surface area contributed by atoms with E-state index in [4.69, 9.17) is 0 Å². The van der Waals surface area contributed by atoms with Crippen LogP contribution in [0.2, 0.25) is 0 Å². The Bertz CT molecular complexity index is 1240. The highest BCUT2D eigenvalue weighted by Gasteiger charge is 2.16. The fourth-order valence-electron chi connectivity index (χ4n) is 3.82. The number of phenols is 2. The fraction of sp³-hybridized carbons (Fsp3) is 0.194. The molecule has 0 radical (unpaired) electrons.